The summed E-state index contributed by atoms with van der Waals surface area (Å²) in [6.07, 6.45) is 11.5. The summed E-state index contributed by atoms with van der Waals surface area (Å²) in [5.74, 6) is 0.831. The predicted molar refractivity (Wildman–Crippen MR) is 89.5 cm³/mol. The first-order chi connectivity index (χ1) is 10.1. The second kappa shape index (κ2) is 7.94. The van der Waals surface area contributed by atoms with Gasteiger partial charge in [-0.05, 0) is 64.5 Å². The molecule has 2 saturated carbocycles. The molecule has 0 aromatic carbocycles. The molecule has 2 N–H and O–H groups in total. The van der Waals surface area contributed by atoms with Crippen molar-refractivity contribution in [1.29, 1.82) is 0 Å². The lowest BCUT2D eigenvalue weighted by atomic mass is 9.77. The van der Waals surface area contributed by atoms with Gasteiger partial charge in [0.15, 0.2) is 0 Å². The number of aliphatic hydroxyl groups excluding tert-OH is 1. The summed E-state index contributed by atoms with van der Waals surface area (Å²) < 4.78 is 0. The smallest absolute Gasteiger partial charge is 0.0613 e. The Balaban J connectivity index is 1.98. The van der Waals surface area contributed by atoms with Crippen LogP contribution < -0.4 is 5.32 Å². The molecule has 3 heteroatoms. The van der Waals surface area contributed by atoms with Crippen LogP contribution in [-0.4, -0.2) is 47.8 Å². The molecule has 2 aliphatic carbocycles. The zero-order valence-corrected chi connectivity index (χ0v) is 14.4. The highest BCUT2D eigenvalue weighted by molar-refractivity contribution is 4.97. The fraction of sp³-hybridized carbons (Fsp3) is 1.00. The quantitative estimate of drug-likeness (QED) is 0.790. The molecule has 0 aliphatic heterocycles. The van der Waals surface area contributed by atoms with Gasteiger partial charge >= 0.3 is 0 Å². The van der Waals surface area contributed by atoms with Crippen molar-refractivity contribution in [1.82, 2.24) is 10.2 Å². The van der Waals surface area contributed by atoms with Gasteiger partial charge in [-0.15, -0.1) is 0 Å². The van der Waals surface area contributed by atoms with Gasteiger partial charge in [-0.3, -0.25) is 0 Å². The molecule has 2 aliphatic rings. The van der Waals surface area contributed by atoms with E-state index in [-0.39, 0.29) is 12.1 Å². The van der Waals surface area contributed by atoms with Crippen LogP contribution >= 0.6 is 0 Å². The van der Waals surface area contributed by atoms with Gasteiger partial charge in [-0.2, -0.15) is 0 Å². The van der Waals surface area contributed by atoms with Gasteiger partial charge < -0.3 is 15.3 Å². The van der Waals surface area contributed by atoms with Gasteiger partial charge in [-0.25, -0.2) is 0 Å². The number of nitrogens with one attached hydrogen (secondary N) is 1. The highest BCUT2D eigenvalue weighted by Crippen LogP contribution is 2.35. The van der Waals surface area contributed by atoms with Gasteiger partial charge in [0, 0.05) is 17.6 Å². The highest BCUT2D eigenvalue weighted by Gasteiger charge is 2.39. The number of nitrogens with zero attached hydrogens (tertiary/aromatic N) is 1. The van der Waals surface area contributed by atoms with Gasteiger partial charge in [0.1, 0.15) is 0 Å². The summed E-state index contributed by atoms with van der Waals surface area (Å²) in [5.41, 5.74) is -0.0227. The van der Waals surface area contributed by atoms with Crippen LogP contribution in [0.3, 0.4) is 0 Å². The first-order valence-corrected chi connectivity index (χ1v) is 9.19. The highest BCUT2D eigenvalue weighted by atomic mass is 16.3. The summed E-state index contributed by atoms with van der Waals surface area (Å²) >= 11 is 0. The summed E-state index contributed by atoms with van der Waals surface area (Å²) in [4.78, 5) is 2.67. The van der Waals surface area contributed by atoms with Crippen molar-refractivity contribution >= 4 is 0 Å². The first kappa shape index (κ1) is 17.2. The Morgan fingerprint density at radius 2 is 1.95 bits per heavy atom. The molecule has 0 aromatic rings. The molecular formula is C18H36N2O. The van der Waals surface area contributed by atoms with Crippen molar-refractivity contribution in [3.8, 4) is 0 Å². The third kappa shape index (κ3) is 4.20. The minimum absolute atomic E-state index is 0.0227. The summed E-state index contributed by atoms with van der Waals surface area (Å²) in [6, 6.07) is 1.39. The average Bonchev–Trinajstić information content (AvgIpc) is 2.53. The molecule has 0 saturated heterocycles. The topological polar surface area (TPSA) is 35.5 Å². The molecule has 2 fully saturated rings. The number of rotatable bonds is 6. The fourth-order valence-electron chi connectivity index (χ4n) is 4.60. The molecule has 124 valence electrons. The van der Waals surface area contributed by atoms with Crippen LogP contribution in [0, 0.1) is 5.92 Å². The van der Waals surface area contributed by atoms with E-state index in [1.807, 2.05) is 0 Å². The number of hydrogen-bond donors (Lipinski definition) is 2. The minimum Gasteiger partial charge on any atom is -0.394 e. The van der Waals surface area contributed by atoms with E-state index in [0.717, 1.165) is 37.8 Å². The molecule has 4 unspecified atom stereocenters. The Hall–Kier alpha value is -0.120. The molecule has 0 bridgehead atoms. The molecule has 4 atom stereocenters. The second-order valence-electron chi connectivity index (χ2n) is 7.61. The van der Waals surface area contributed by atoms with Crippen LogP contribution in [0.25, 0.3) is 0 Å². The van der Waals surface area contributed by atoms with E-state index in [0.29, 0.717) is 6.04 Å². The maximum Gasteiger partial charge on any atom is 0.0613 e. The third-order valence-corrected chi connectivity index (χ3v) is 6.04. The number of hydrogen-bond acceptors (Lipinski definition) is 3. The van der Waals surface area contributed by atoms with Crippen LogP contribution in [0.1, 0.15) is 71.6 Å². The van der Waals surface area contributed by atoms with Crippen molar-refractivity contribution in [2.45, 2.75) is 89.3 Å². The molecule has 0 amide bonds. The van der Waals surface area contributed by atoms with Gasteiger partial charge in [0.2, 0.25) is 0 Å². The van der Waals surface area contributed by atoms with Crippen LogP contribution in [0.2, 0.25) is 0 Å². The standard InChI is InChI=1S/C18H36N2O/c1-4-12-19-18(14-21)11-7-9-16(13-18)20(3)17-10-6-5-8-15(17)2/h15-17,19,21H,4-14H2,1-3H3. The van der Waals surface area contributed by atoms with E-state index < -0.39 is 0 Å². The summed E-state index contributed by atoms with van der Waals surface area (Å²) in [7, 11) is 2.34. The largest absolute Gasteiger partial charge is 0.394 e. The zero-order valence-electron chi connectivity index (χ0n) is 14.4. The van der Waals surface area contributed by atoms with E-state index in [1.54, 1.807) is 0 Å². The lowest BCUT2D eigenvalue weighted by Gasteiger charge is -2.47. The molecule has 0 spiro atoms. The fourth-order valence-corrected chi connectivity index (χ4v) is 4.60. The van der Waals surface area contributed by atoms with Crippen LogP contribution in [-0.2, 0) is 0 Å². The Labute approximate surface area is 131 Å². The maximum atomic E-state index is 9.95. The van der Waals surface area contributed by atoms with E-state index in [1.165, 1.54) is 38.5 Å². The van der Waals surface area contributed by atoms with E-state index in [2.05, 4.69) is 31.1 Å². The molecule has 0 heterocycles. The van der Waals surface area contributed by atoms with Gasteiger partial charge in [0.25, 0.3) is 0 Å². The Morgan fingerprint density at radius 1 is 1.19 bits per heavy atom. The monoisotopic (exact) mass is 296 g/mol. The van der Waals surface area contributed by atoms with Crippen LogP contribution in [0.5, 0.6) is 0 Å². The SMILES string of the molecule is CCCNC1(CO)CCCC(N(C)C2CCCCC2C)C1. The third-order valence-electron chi connectivity index (χ3n) is 6.04. The molecule has 0 radical (unpaired) electrons. The van der Waals surface area contributed by atoms with E-state index in [4.69, 9.17) is 0 Å². The lowest BCUT2D eigenvalue weighted by molar-refractivity contribution is 0.0294. The molecule has 3 nitrogen and oxygen atoms in total. The van der Waals surface area contributed by atoms with Gasteiger partial charge in [-0.1, -0.05) is 26.7 Å². The summed E-state index contributed by atoms with van der Waals surface area (Å²) in [5, 5.41) is 13.6. The summed E-state index contributed by atoms with van der Waals surface area (Å²) in [6.45, 7) is 5.94. The first-order valence-electron chi connectivity index (χ1n) is 9.19. The number of aliphatic hydroxyl groups is 1. The van der Waals surface area contributed by atoms with Gasteiger partial charge in [0.05, 0.1) is 6.61 Å². The minimum atomic E-state index is -0.0227. The Bertz CT molecular complexity index is 310. The zero-order chi connectivity index (χ0) is 15.3. The van der Waals surface area contributed by atoms with Crippen molar-refractivity contribution in [2.75, 3.05) is 20.2 Å². The second-order valence-corrected chi connectivity index (χ2v) is 7.61. The van der Waals surface area contributed by atoms with Crippen LogP contribution in [0.4, 0.5) is 0 Å². The predicted octanol–water partition coefficient (Wildman–Crippen LogP) is 3.17. The van der Waals surface area contributed by atoms with Crippen molar-refractivity contribution in [3.05, 3.63) is 0 Å². The molecule has 0 aromatic heterocycles. The Kier molecular flexibility index (Phi) is 6.51. The lowest BCUT2D eigenvalue weighted by Crippen LogP contribution is -2.57. The molecule has 21 heavy (non-hydrogen) atoms. The van der Waals surface area contributed by atoms with Crippen molar-refractivity contribution in [3.63, 3.8) is 0 Å². The van der Waals surface area contributed by atoms with E-state index >= 15 is 0 Å². The Morgan fingerprint density at radius 3 is 2.62 bits per heavy atom. The maximum absolute atomic E-state index is 9.95. The van der Waals surface area contributed by atoms with E-state index in [9.17, 15) is 5.11 Å². The average molecular weight is 296 g/mol. The molecule has 2 rings (SSSR count). The normalized spacial score (nSPS) is 37.9. The molecular weight excluding hydrogens is 260 g/mol. The van der Waals surface area contributed by atoms with Crippen LogP contribution in [0.15, 0.2) is 0 Å². The van der Waals surface area contributed by atoms with Crippen molar-refractivity contribution in [2.24, 2.45) is 5.92 Å². The van der Waals surface area contributed by atoms with Crippen molar-refractivity contribution < 1.29 is 5.11 Å².